The Kier molecular flexibility index (Phi) is 4.67. The van der Waals surface area contributed by atoms with E-state index in [-0.39, 0.29) is 5.91 Å². The minimum absolute atomic E-state index is 0.000460. The van der Waals surface area contributed by atoms with E-state index < -0.39 is 0 Å². The standard InChI is InChI=1S/C18H26N2O2/c1-2-22-16-7-3-6-15(14-16)17(21)19-11-10-18-8-4-12-20(18)13-5-9-18/h3,6-7,14H,2,4-5,8-13H2,1H3,(H,19,21). The van der Waals surface area contributed by atoms with Crippen molar-refractivity contribution in [3.05, 3.63) is 29.8 Å². The van der Waals surface area contributed by atoms with Crippen molar-refractivity contribution >= 4 is 5.91 Å². The first-order chi connectivity index (χ1) is 10.7. The first-order valence-electron chi connectivity index (χ1n) is 8.50. The van der Waals surface area contributed by atoms with Crippen LogP contribution in [0, 0.1) is 0 Å². The van der Waals surface area contributed by atoms with Crippen LogP contribution in [0.5, 0.6) is 5.75 Å². The zero-order valence-electron chi connectivity index (χ0n) is 13.4. The Morgan fingerprint density at radius 3 is 2.82 bits per heavy atom. The summed E-state index contributed by atoms with van der Waals surface area (Å²) in [5.41, 5.74) is 1.05. The quantitative estimate of drug-likeness (QED) is 0.878. The first-order valence-corrected chi connectivity index (χ1v) is 8.50. The number of amides is 1. The molecule has 0 spiro atoms. The summed E-state index contributed by atoms with van der Waals surface area (Å²) in [6, 6.07) is 7.41. The molecule has 0 unspecified atom stereocenters. The summed E-state index contributed by atoms with van der Waals surface area (Å²) in [4.78, 5) is 14.9. The average molecular weight is 302 g/mol. The Morgan fingerprint density at radius 1 is 1.32 bits per heavy atom. The van der Waals surface area contributed by atoms with Gasteiger partial charge in [0.2, 0.25) is 0 Å². The number of nitrogens with one attached hydrogen (secondary N) is 1. The Hall–Kier alpha value is -1.55. The molecule has 2 aliphatic heterocycles. The van der Waals surface area contributed by atoms with Gasteiger partial charge in [0.15, 0.2) is 0 Å². The third-order valence-corrected chi connectivity index (χ3v) is 5.09. The van der Waals surface area contributed by atoms with E-state index in [0.29, 0.717) is 17.7 Å². The van der Waals surface area contributed by atoms with E-state index in [1.807, 2.05) is 31.2 Å². The molecule has 4 nitrogen and oxygen atoms in total. The lowest BCUT2D eigenvalue weighted by Gasteiger charge is -2.32. The van der Waals surface area contributed by atoms with E-state index in [9.17, 15) is 4.79 Å². The lowest BCUT2D eigenvalue weighted by Crippen LogP contribution is -2.41. The van der Waals surface area contributed by atoms with E-state index in [0.717, 1.165) is 18.7 Å². The predicted molar refractivity (Wildman–Crippen MR) is 87.3 cm³/mol. The van der Waals surface area contributed by atoms with Gasteiger partial charge in [-0.3, -0.25) is 9.69 Å². The van der Waals surface area contributed by atoms with Crippen LogP contribution >= 0.6 is 0 Å². The summed E-state index contributed by atoms with van der Waals surface area (Å²) < 4.78 is 5.45. The highest BCUT2D eigenvalue weighted by molar-refractivity contribution is 5.94. The van der Waals surface area contributed by atoms with Crippen LogP contribution in [0.3, 0.4) is 0 Å². The predicted octanol–water partition coefficient (Wildman–Crippen LogP) is 2.83. The molecule has 0 bridgehead atoms. The number of carbonyl (C=O) groups is 1. The van der Waals surface area contributed by atoms with Crippen molar-refractivity contribution in [3.8, 4) is 5.75 Å². The van der Waals surface area contributed by atoms with Crippen LogP contribution in [-0.4, -0.2) is 42.6 Å². The van der Waals surface area contributed by atoms with Crippen molar-refractivity contribution in [1.82, 2.24) is 10.2 Å². The Labute approximate surface area is 132 Å². The maximum Gasteiger partial charge on any atom is 0.251 e. The third kappa shape index (κ3) is 3.12. The number of hydrogen-bond donors (Lipinski definition) is 1. The average Bonchev–Trinajstić information content (AvgIpc) is 3.07. The number of ether oxygens (including phenoxy) is 1. The van der Waals surface area contributed by atoms with Crippen molar-refractivity contribution < 1.29 is 9.53 Å². The molecule has 0 atom stereocenters. The van der Waals surface area contributed by atoms with Crippen molar-refractivity contribution in [1.29, 1.82) is 0 Å². The van der Waals surface area contributed by atoms with Gasteiger partial charge in [-0.15, -0.1) is 0 Å². The zero-order valence-corrected chi connectivity index (χ0v) is 13.4. The van der Waals surface area contributed by atoms with Gasteiger partial charge in [0, 0.05) is 17.6 Å². The van der Waals surface area contributed by atoms with Gasteiger partial charge in [-0.2, -0.15) is 0 Å². The number of carbonyl (C=O) groups excluding carboxylic acids is 1. The van der Waals surface area contributed by atoms with Gasteiger partial charge < -0.3 is 10.1 Å². The van der Waals surface area contributed by atoms with E-state index in [1.165, 1.54) is 38.8 Å². The third-order valence-electron chi connectivity index (χ3n) is 5.09. The Balaban J connectivity index is 1.53. The van der Waals surface area contributed by atoms with E-state index in [2.05, 4.69) is 10.2 Å². The Morgan fingerprint density at radius 2 is 2.09 bits per heavy atom. The topological polar surface area (TPSA) is 41.6 Å². The molecular weight excluding hydrogens is 276 g/mol. The van der Waals surface area contributed by atoms with Gasteiger partial charge in [-0.1, -0.05) is 6.07 Å². The van der Waals surface area contributed by atoms with Gasteiger partial charge >= 0.3 is 0 Å². The normalized spacial score (nSPS) is 19.9. The van der Waals surface area contributed by atoms with Gasteiger partial charge in [-0.25, -0.2) is 0 Å². The molecule has 2 fully saturated rings. The lowest BCUT2D eigenvalue weighted by molar-refractivity contribution is 0.0942. The summed E-state index contributed by atoms with van der Waals surface area (Å²) in [6.07, 6.45) is 6.28. The van der Waals surface area contributed by atoms with Crippen LogP contribution in [0.2, 0.25) is 0 Å². The largest absolute Gasteiger partial charge is 0.494 e. The molecule has 1 N–H and O–H groups in total. The monoisotopic (exact) mass is 302 g/mol. The van der Waals surface area contributed by atoms with Crippen molar-refractivity contribution in [2.24, 2.45) is 0 Å². The molecule has 0 aromatic heterocycles. The number of fused-ring (bicyclic) bond motifs is 1. The van der Waals surface area contributed by atoms with Crippen LogP contribution in [-0.2, 0) is 0 Å². The Bertz CT molecular complexity index is 520. The van der Waals surface area contributed by atoms with Crippen molar-refractivity contribution in [2.75, 3.05) is 26.2 Å². The summed E-state index contributed by atoms with van der Waals surface area (Å²) in [5.74, 6) is 0.756. The van der Waals surface area contributed by atoms with Crippen LogP contribution in [0.1, 0.15) is 49.4 Å². The second kappa shape index (κ2) is 6.69. The van der Waals surface area contributed by atoms with Gasteiger partial charge in [0.05, 0.1) is 6.61 Å². The van der Waals surface area contributed by atoms with Gasteiger partial charge in [-0.05, 0) is 70.3 Å². The molecule has 4 heteroatoms. The summed E-state index contributed by atoms with van der Waals surface area (Å²) in [5, 5.41) is 3.08. The van der Waals surface area contributed by atoms with Crippen LogP contribution < -0.4 is 10.1 Å². The van der Waals surface area contributed by atoms with Crippen molar-refractivity contribution in [2.45, 2.75) is 44.6 Å². The fourth-order valence-corrected chi connectivity index (χ4v) is 4.04. The minimum atomic E-state index is 0.000460. The van der Waals surface area contributed by atoms with Crippen molar-refractivity contribution in [3.63, 3.8) is 0 Å². The van der Waals surface area contributed by atoms with Crippen LogP contribution in [0.4, 0.5) is 0 Å². The highest BCUT2D eigenvalue weighted by atomic mass is 16.5. The molecule has 2 heterocycles. The van der Waals surface area contributed by atoms with E-state index in [1.54, 1.807) is 0 Å². The molecule has 120 valence electrons. The highest BCUT2D eigenvalue weighted by Gasteiger charge is 2.43. The summed E-state index contributed by atoms with van der Waals surface area (Å²) in [6.45, 7) is 5.80. The van der Waals surface area contributed by atoms with Crippen LogP contribution in [0.15, 0.2) is 24.3 Å². The molecule has 1 amide bonds. The highest BCUT2D eigenvalue weighted by Crippen LogP contribution is 2.40. The molecule has 3 rings (SSSR count). The number of rotatable bonds is 6. The first kappa shape index (κ1) is 15.3. The molecule has 0 aliphatic carbocycles. The minimum Gasteiger partial charge on any atom is -0.494 e. The molecule has 2 aliphatic rings. The van der Waals surface area contributed by atoms with Gasteiger partial charge in [0.1, 0.15) is 5.75 Å². The molecule has 2 saturated heterocycles. The maximum atomic E-state index is 12.3. The summed E-state index contributed by atoms with van der Waals surface area (Å²) >= 11 is 0. The number of hydrogen-bond acceptors (Lipinski definition) is 3. The smallest absolute Gasteiger partial charge is 0.251 e. The fourth-order valence-electron chi connectivity index (χ4n) is 4.04. The van der Waals surface area contributed by atoms with E-state index in [4.69, 9.17) is 4.74 Å². The molecule has 22 heavy (non-hydrogen) atoms. The fraction of sp³-hybridized carbons (Fsp3) is 0.611. The number of nitrogens with zero attached hydrogens (tertiary/aromatic N) is 1. The zero-order chi connectivity index (χ0) is 15.4. The van der Waals surface area contributed by atoms with E-state index >= 15 is 0 Å². The van der Waals surface area contributed by atoms with Gasteiger partial charge in [0.25, 0.3) is 5.91 Å². The second-order valence-corrected chi connectivity index (χ2v) is 6.39. The molecule has 0 radical (unpaired) electrons. The van der Waals surface area contributed by atoms with Crippen LogP contribution in [0.25, 0.3) is 0 Å². The number of benzene rings is 1. The molecular formula is C18H26N2O2. The SMILES string of the molecule is CCOc1cccc(C(=O)NCCC23CCCN2CCC3)c1. The second-order valence-electron chi connectivity index (χ2n) is 6.39. The molecule has 1 aromatic carbocycles. The lowest BCUT2D eigenvalue weighted by atomic mass is 9.90. The molecule has 0 saturated carbocycles. The maximum absolute atomic E-state index is 12.3. The summed E-state index contributed by atoms with van der Waals surface area (Å²) in [7, 11) is 0. The molecule has 1 aromatic rings.